The highest BCUT2D eigenvalue weighted by Crippen LogP contribution is 2.18. The molecule has 0 unspecified atom stereocenters. The lowest BCUT2D eigenvalue weighted by Crippen LogP contribution is -1.98. The third-order valence-corrected chi connectivity index (χ3v) is 3.77. The summed E-state index contributed by atoms with van der Waals surface area (Å²) in [6.07, 6.45) is 2.05. The molecule has 0 amide bonds. The lowest BCUT2D eigenvalue weighted by molar-refractivity contribution is 0.719. The summed E-state index contributed by atoms with van der Waals surface area (Å²) in [5, 5.41) is 12.6. The molecule has 0 fully saturated rings. The molecule has 0 N–H and O–H groups in total. The third kappa shape index (κ3) is 2.58. The smallest absolute Gasteiger partial charge is 0.130 e. The molecule has 0 aliphatic carbocycles. The van der Waals surface area contributed by atoms with E-state index in [-0.39, 0.29) is 0 Å². The Balaban J connectivity index is 1.91. The maximum Gasteiger partial charge on any atom is 0.205 e. The summed E-state index contributed by atoms with van der Waals surface area (Å²) in [4.78, 5) is 2.77. The minimum atomic E-state index is 0.638. The van der Waals surface area contributed by atoms with Crippen molar-refractivity contribution in [3.63, 3.8) is 0 Å². The predicted octanol–water partition coefficient (Wildman–Crippen LogP) is 3.36. The highest BCUT2D eigenvalue weighted by Gasteiger charge is 2.07. The fourth-order valence-corrected chi connectivity index (χ4v) is 2.27. The molecule has 3 aromatic rings. The molecule has 20 heavy (non-hydrogen) atoms. The summed E-state index contributed by atoms with van der Waals surface area (Å²) in [5.74, 6) is 0.638. The molecular weight excluding hydrogens is 268 g/mol. The molecule has 0 bridgehead atoms. The van der Waals surface area contributed by atoms with Gasteiger partial charge in [-0.05, 0) is 42.7 Å². The first-order chi connectivity index (χ1) is 9.76. The van der Waals surface area contributed by atoms with Gasteiger partial charge in [0.25, 0.3) is 0 Å². The average Bonchev–Trinajstić information content (AvgIpc) is 2.98. The van der Waals surface area contributed by atoms with Crippen LogP contribution >= 0.6 is 11.8 Å². The van der Waals surface area contributed by atoms with Gasteiger partial charge in [0.2, 0.25) is 5.82 Å². The van der Waals surface area contributed by atoms with Gasteiger partial charge in [-0.1, -0.05) is 29.8 Å². The first kappa shape index (κ1) is 12.9. The van der Waals surface area contributed by atoms with Crippen LogP contribution in [-0.4, -0.2) is 26.5 Å². The Morgan fingerprint density at radius 1 is 0.950 bits per heavy atom. The van der Waals surface area contributed by atoms with Gasteiger partial charge in [0.1, 0.15) is 0 Å². The number of nitrogens with zero attached hydrogens (tertiary/aromatic N) is 4. The van der Waals surface area contributed by atoms with Crippen molar-refractivity contribution >= 4 is 11.8 Å². The maximum absolute atomic E-state index is 4.42. The number of aryl methyl sites for hydroxylation is 1. The van der Waals surface area contributed by atoms with Gasteiger partial charge < -0.3 is 0 Å². The van der Waals surface area contributed by atoms with Gasteiger partial charge in [0.15, 0.2) is 0 Å². The molecule has 5 heteroatoms. The zero-order chi connectivity index (χ0) is 13.9. The zero-order valence-electron chi connectivity index (χ0n) is 11.3. The number of aromatic nitrogens is 4. The van der Waals surface area contributed by atoms with Gasteiger partial charge in [-0.25, -0.2) is 0 Å². The summed E-state index contributed by atoms with van der Waals surface area (Å²) < 4.78 is 0. The van der Waals surface area contributed by atoms with Crippen LogP contribution in [0.2, 0.25) is 0 Å². The van der Waals surface area contributed by atoms with Crippen LogP contribution < -0.4 is 0 Å². The molecular formula is C15H14N4S. The Bertz CT molecular complexity index is 701. The standard InChI is InChI=1S/C15H14N4S/c1-11-3-5-12(6-4-11)15-16-18-19(17-15)13-7-9-14(20-2)10-8-13/h3-10H,1-2H3. The number of thioether (sulfide) groups is 1. The fraction of sp³-hybridized carbons (Fsp3) is 0.133. The van der Waals surface area contributed by atoms with Crippen molar-refractivity contribution in [1.29, 1.82) is 0 Å². The van der Waals surface area contributed by atoms with Crippen molar-refractivity contribution in [2.75, 3.05) is 6.26 Å². The molecule has 2 aromatic carbocycles. The van der Waals surface area contributed by atoms with Gasteiger partial charge in [0, 0.05) is 10.5 Å². The lowest BCUT2D eigenvalue weighted by atomic mass is 10.1. The Hall–Kier alpha value is -2.14. The van der Waals surface area contributed by atoms with Crippen molar-refractivity contribution in [3.05, 3.63) is 54.1 Å². The molecule has 0 saturated carbocycles. The molecule has 4 nitrogen and oxygen atoms in total. The van der Waals surface area contributed by atoms with Crippen molar-refractivity contribution < 1.29 is 0 Å². The monoisotopic (exact) mass is 282 g/mol. The van der Waals surface area contributed by atoms with Crippen LogP contribution in [0.25, 0.3) is 17.1 Å². The molecule has 0 aliphatic rings. The van der Waals surface area contributed by atoms with E-state index >= 15 is 0 Å². The molecule has 100 valence electrons. The van der Waals surface area contributed by atoms with Crippen LogP contribution in [0.4, 0.5) is 0 Å². The lowest BCUT2D eigenvalue weighted by Gasteiger charge is -1.99. The fourth-order valence-electron chi connectivity index (χ4n) is 1.86. The van der Waals surface area contributed by atoms with E-state index in [1.165, 1.54) is 10.5 Å². The number of hydrogen-bond donors (Lipinski definition) is 0. The highest BCUT2D eigenvalue weighted by molar-refractivity contribution is 7.98. The van der Waals surface area contributed by atoms with E-state index in [1.54, 1.807) is 16.6 Å². The van der Waals surface area contributed by atoms with Crippen molar-refractivity contribution in [1.82, 2.24) is 20.2 Å². The highest BCUT2D eigenvalue weighted by atomic mass is 32.2. The van der Waals surface area contributed by atoms with E-state index < -0.39 is 0 Å². The minimum Gasteiger partial charge on any atom is -0.130 e. The summed E-state index contributed by atoms with van der Waals surface area (Å²) in [5.41, 5.74) is 3.10. The van der Waals surface area contributed by atoms with E-state index in [2.05, 4.69) is 40.7 Å². The van der Waals surface area contributed by atoms with Crippen LogP contribution in [0, 0.1) is 6.92 Å². The molecule has 0 aliphatic heterocycles. The Morgan fingerprint density at radius 3 is 2.30 bits per heavy atom. The second-order valence-corrected chi connectivity index (χ2v) is 5.35. The normalized spacial score (nSPS) is 10.7. The summed E-state index contributed by atoms with van der Waals surface area (Å²) in [7, 11) is 0. The van der Waals surface area contributed by atoms with Crippen molar-refractivity contribution in [2.45, 2.75) is 11.8 Å². The van der Waals surface area contributed by atoms with Crippen LogP contribution in [0.15, 0.2) is 53.4 Å². The summed E-state index contributed by atoms with van der Waals surface area (Å²) in [6.45, 7) is 2.06. The molecule has 0 radical (unpaired) electrons. The van der Waals surface area contributed by atoms with Crippen LogP contribution in [0.3, 0.4) is 0 Å². The first-order valence-corrected chi connectivity index (χ1v) is 7.50. The van der Waals surface area contributed by atoms with Gasteiger partial charge in [-0.2, -0.15) is 0 Å². The molecule has 3 rings (SSSR count). The van der Waals surface area contributed by atoms with Crippen LogP contribution in [-0.2, 0) is 0 Å². The molecule has 0 spiro atoms. The third-order valence-electron chi connectivity index (χ3n) is 3.03. The van der Waals surface area contributed by atoms with E-state index in [0.717, 1.165) is 11.3 Å². The second kappa shape index (κ2) is 5.46. The van der Waals surface area contributed by atoms with Crippen molar-refractivity contribution in [3.8, 4) is 17.1 Å². The van der Waals surface area contributed by atoms with Gasteiger partial charge >= 0.3 is 0 Å². The molecule has 0 saturated heterocycles. The quantitative estimate of drug-likeness (QED) is 0.691. The zero-order valence-corrected chi connectivity index (χ0v) is 12.1. The Labute approximate surface area is 121 Å². The number of benzene rings is 2. The minimum absolute atomic E-state index is 0.638. The first-order valence-electron chi connectivity index (χ1n) is 6.28. The van der Waals surface area contributed by atoms with E-state index in [0.29, 0.717) is 5.82 Å². The molecule has 1 aromatic heterocycles. The summed E-state index contributed by atoms with van der Waals surface area (Å²) >= 11 is 1.71. The number of rotatable bonds is 3. The SMILES string of the molecule is CSc1ccc(-n2nnc(-c3ccc(C)cc3)n2)cc1. The van der Waals surface area contributed by atoms with E-state index in [9.17, 15) is 0 Å². The van der Waals surface area contributed by atoms with Gasteiger partial charge in [-0.15, -0.1) is 26.8 Å². The maximum atomic E-state index is 4.42. The number of hydrogen-bond acceptors (Lipinski definition) is 4. The largest absolute Gasteiger partial charge is 0.205 e. The average molecular weight is 282 g/mol. The summed E-state index contributed by atoms with van der Waals surface area (Å²) in [6, 6.07) is 16.2. The predicted molar refractivity (Wildman–Crippen MR) is 81.1 cm³/mol. The topological polar surface area (TPSA) is 43.6 Å². The molecule has 1 heterocycles. The Kier molecular flexibility index (Phi) is 3.52. The Morgan fingerprint density at radius 2 is 1.65 bits per heavy atom. The van der Waals surface area contributed by atoms with Gasteiger partial charge in [-0.3, -0.25) is 0 Å². The van der Waals surface area contributed by atoms with Crippen LogP contribution in [0.1, 0.15) is 5.56 Å². The number of tetrazole rings is 1. The van der Waals surface area contributed by atoms with E-state index in [1.807, 2.05) is 36.4 Å². The van der Waals surface area contributed by atoms with Crippen LogP contribution in [0.5, 0.6) is 0 Å². The van der Waals surface area contributed by atoms with E-state index in [4.69, 9.17) is 0 Å². The van der Waals surface area contributed by atoms with Gasteiger partial charge in [0.05, 0.1) is 5.69 Å². The van der Waals surface area contributed by atoms with Crippen molar-refractivity contribution in [2.24, 2.45) is 0 Å². The second-order valence-electron chi connectivity index (χ2n) is 4.47. The molecule has 0 atom stereocenters.